The molecular formula is C18H28N2O3. The number of hydrogen-bond donors (Lipinski definition) is 3. The van der Waals surface area contributed by atoms with E-state index in [1.807, 2.05) is 32.0 Å². The Morgan fingerprint density at radius 1 is 1.22 bits per heavy atom. The highest BCUT2D eigenvalue weighted by Crippen LogP contribution is 2.20. The van der Waals surface area contributed by atoms with E-state index < -0.39 is 11.8 Å². The molecule has 0 aromatic heterocycles. The molecule has 5 heteroatoms. The highest BCUT2D eigenvalue weighted by Gasteiger charge is 2.17. The van der Waals surface area contributed by atoms with E-state index in [1.54, 1.807) is 6.07 Å². The normalized spacial score (nSPS) is 11.4. The zero-order chi connectivity index (χ0) is 17.5. The van der Waals surface area contributed by atoms with Crippen molar-refractivity contribution in [2.24, 2.45) is 5.41 Å². The Bertz CT molecular complexity index is 539. The van der Waals surface area contributed by atoms with Crippen molar-refractivity contribution in [2.45, 2.75) is 46.5 Å². The molecule has 1 aromatic rings. The van der Waals surface area contributed by atoms with Crippen LogP contribution in [0.15, 0.2) is 24.3 Å². The van der Waals surface area contributed by atoms with E-state index in [-0.39, 0.29) is 12.0 Å². The van der Waals surface area contributed by atoms with Gasteiger partial charge in [0.1, 0.15) is 0 Å². The fourth-order valence-corrected chi connectivity index (χ4v) is 2.09. The third kappa shape index (κ3) is 6.82. The van der Waals surface area contributed by atoms with Gasteiger partial charge in [-0.15, -0.1) is 0 Å². The van der Waals surface area contributed by atoms with Gasteiger partial charge in [-0.25, -0.2) is 0 Å². The first-order valence-electron chi connectivity index (χ1n) is 8.05. The number of amides is 2. The summed E-state index contributed by atoms with van der Waals surface area (Å²) in [6.45, 7) is 8.59. The van der Waals surface area contributed by atoms with Crippen molar-refractivity contribution in [2.75, 3.05) is 18.5 Å². The van der Waals surface area contributed by atoms with Gasteiger partial charge in [0.15, 0.2) is 0 Å². The number of anilines is 1. The van der Waals surface area contributed by atoms with E-state index in [0.717, 1.165) is 18.4 Å². The molecule has 0 bridgehead atoms. The average Bonchev–Trinajstić information content (AvgIpc) is 2.51. The molecule has 0 aliphatic heterocycles. The molecule has 0 saturated heterocycles. The van der Waals surface area contributed by atoms with E-state index in [2.05, 4.69) is 24.5 Å². The van der Waals surface area contributed by atoms with E-state index >= 15 is 0 Å². The number of aliphatic hydroxyl groups excluding tert-OH is 1. The van der Waals surface area contributed by atoms with Gasteiger partial charge in [0.05, 0.1) is 0 Å². The monoisotopic (exact) mass is 320 g/mol. The van der Waals surface area contributed by atoms with Gasteiger partial charge >= 0.3 is 11.8 Å². The largest absolute Gasteiger partial charge is 0.396 e. The van der Waals surface area contributed by atoms with Gasteiger partial charge < -0.3 is 15.7 Å². The Labute approximate surface area is 138 Å². The van der Waals surface area contributed by atoms with Crippen LogP contribution in [0.5, 0.6) is 0 Å². The molecular weight excluding hydrogens is 292 g/mol. The molecule has 3 N–H and O–H groups in total. The summed E-state index contributed by atoms with van der Waals surface area (Å²) >= 11 is 0. The molecule has 0 saturated carbocycles. The molecule has 1 aromatic carbocycles. The molecule has 0 unspecified atom stereocenters. The van der Waals surface area contributed by atoms with Crippen LogP contribution in [0.1, 0.15) is 52.0 Å². The topological polar surface area (TPSA) is 78.4 Å². The van der Waals surface area contributed by atoms with Gasteiger partial charge in [0, 0.05) is 18.8 Å². The molecule has 0 aliphatic carbocycles. The van der Waals surface area contributed by atoms with Crippen LogP contribution in [0.3, 0.4) is 0 Å². The van der Waals surface area contributed by atoms with Crippen molar-refractivity contribution in [1.29, 1.82) is 0 Å². The summed E-state index contributed by atoms with van der Waals surface area (Å²) in [5.74, 6) is -0.940. The number of rotatable bonds is 7. The molecule has 5 nitrogen and oxygen atoms in total. The fourth-order valence-electron chi connectivity index (χ4n) is 2.09. The van der Waals surface area contributed by atoms with E-state index in [0.29, 0.717) is 18.2 Å². The minimum Gasteiger partial charge on any atom is -0.396 e. The average molecular weight is 320 g/mol. The van der Waals surface area contributed by atoms with Gasteiger partial charge in [0.2, 0.25) is 0 Å². The zero-order valence-electron chi connectivity index (χ0n) is 14.5. The van der Waals surface area contributed by atoms with Crippen LogP contribution < -0.4 is 10.6 Å². The van der Waals surface area contributed by atoms with Crippen LogP contribution >= 0.6 is 0 Å². The number of hydrogen-bond acceptors (Lipinski definition) is 3. The molecule has 0 atom stereocenters. The molecule has 0 heterocycles. The summed E-state index contributed by atoms with van der Waals surface area (Å²) in [6, 6.07) is 7.49. The summed E-state index contributed by atoms with van der Waals surface area (Å²) in [5.41, 5.74) is 1.57. The van der Waals surface area contributed by atoms with Crippen LogP contribution in [0.4, 0.5) is 5.69 Å². The summed E-state index contributed by atoms with van der Waals surface area (Å²) < 4.78 is 0. The molecule has 0 radical (unpaired) electrons. The highest BCUT2D eigenvalue weighted by atomic mass is 16.3. The minimum absolute atomic E-state index is 0.105. The second kappa shape index (κ2) is 8.67. The second-order valence-electron chi connectivity index (χ2n) is 6.92. The minimum atomic E-state index is -0.660. The Kier molecular flexibility index (Phi) is 7.23. The third-order valence-corrected chi connectivity index (χ3v) is 3.76. The predicted molar refractivity (Wildman–Crippen MR) is 92.3 cm³/mol. The molecule has 2 amide bonds. The first kappa shape index (κ1) is 19.2. The van der Waals surface area contributed by atoms with Crippen LogP contribution in [-0.4, -0.2) is 30.1 Å². The van der Waals surface area contributed by atoms with Crippen LogP contribution in [0.2, 0.25) is 0 Å². The summed E-state index contributed by atoms with van der Waals surface area (Å²) in [4.78, 5) is 23.7. The first-order valence-corrected chi connectivity index (χ1v) is 8.05. The van der Waals surface area contributed by atoms with Crippen LogP contribution in [0, 0.1) is 5.41 Å². The Balaban J connectivity index is 2.43. The van der Waals surface area contributed by atoms with Crippen LogP contribution in [0.25, 0.3) is 0 Å². The fraction of sp³-hybridized carbons (Fsp3) is 0.556. The predicted octanol–water partition coefficient (Wildman–Crippen LogP) is 2.66. The number of nitrogens with one attached hydrogen (secondary N) is 2. The van der Waals surface area contributed by atoms with E-state index in [4.69, 9.17) is 5.11 Å². The van der Waals surface area contributed by atoms with Crippen molar-refractivity contribution < 1.29 is 14.7 Å². The van der Waals surface area contributed by atoms with E-state index in [1.165, 1.54) is 0 Å². The Hall–Kier alpha value is -1.88. The molecule has 0 aliphatic rings. The number of benzene rings is 1. The second-order valence-corrected chi connectivity index (χ2v) is 6.92. The molecule has 0 fully saturated rings. The van der Waals surface area contributed by atoms with Crippen molar-refractivity contribution in [3.8, 4) is 0 Å². The lowest BCUT2D eigenvalue weighted by molar-refractivity contribution is -0.136. The van der Waals surface area contributed by atoms with Gasteiger partial charge in [-0.2, -0.15) is 0 Å². The van der Waals surface area contributed by atoms with Gasteiger partial charge in [-0.05, 0) is 41.9 Å². The lowest BCUT2D eigenvalue weighted by Crippen LogP contribution is -2.36. The number of carbonyl (C=O) groups is 2. The maximum absolute atomic E-state index is 11.9. The first-order chi connectivity index (χ1) is 10.7. The maximum atomic E-state index is 11.9. The molecule has 128 valence electrons. The van der Waals surface area contributed by atoms with Crippen molar-refractivity contribution in [3.05, 3.63) is 29.8 Å². The molecule has 23 heavy (non-hydrogen) atoms. The lowest BCUT2D eigenvalue weighted by atomic mass is 9.89. The smallest absolute Gasteiger partial charge is 0.313 e. The third-order valence-electron chi connectivity index (χ3n) is 3.76. The number of carbonyl (C=O) groups excluding carboxylic acids is 2. The summed E-state index contributed by atoms with van der Waals surface area (Å²) in [5, 5.41) is 14.4. The lowest BCUT2D eigenvalue weighted by Gasteiger charge is -2.21. The van der Waals surface area contributed by atoms with Gasteiger partial charge in [-0.1, -0.05) is 39.8 Å². The summed E-state index contributed by atoms with van der Waals surface area (Å²) in [6.07, 6.45) is 1.50. The standard InChI is InChI=1S/C18H28N2O3/c1-13(2)14-7-5-8-15(11-14)20-17(23)16(22)19-10-6-9-18(3,4)12-21/h5,7-8,11,13,21H,6,9-10,12H2,1-4H3,(H,19,22)(H,20,23). The Morgan fingerprint density at radius 3 is 2.52 bits per heavy atom. The SMILES string of the molecule is CC(C)c1cccc(NC(=O)C(=O)NCCCC(C)(C)CO)c1. The maximum Gasteiger partial charge on any atom is 0.313 e. The van der Waals surface area contributed by atoms with Gasteiger partial charge in [-0.3, -0.25) is 9.59 Å². The van der Waals surface area contributed by atoms with Crippen molar-refractivity contribution >= 4 is 17.5 Å². The van der Waals surface area contributed by atoms with Crippen molar-refractivity contribution in [1.82, 2.24) is 5.32 Å². The highest BCUT2D eigenvalue weighted by molar-refractivity contribution is 6.39. The number of aliphatic hydroxyl groups is 1. The quantitative estimate of drug-likeness (QED) is 0.534. The summed E-state index contributed by atoms with van der Waals surface area (Å²) in [7, 11) is 0. The Morgan fingerprint density at radius 2 is 1.91 bits per heavy atom. The molecule has 1 rings (SSSR count). The molecule has 0 spiro atoms. The van der Waals surface area contributed by atoms with Crippen LogP contribution in [-0.2, 0) is 9.59 Å². The van der Waals surface area contributed by atoms with Crippen molar-refractivity contribution in [3.63, 3.8) is 0 Å². The van der Waals surface area contributed by atoms with E-state index in [9.17, 15) is 9.59 Å². The van der Waals surface area contributed by atoms with Gasteiger partial charge in [0.25, 0.3) is 0 Å². The zero-order valence-corrected chi connectivity index (χ0v) is 14.5.